The number of halogens is 1. The van der Waals surface area contributed by atoms with Gasteiger partial charge in [-0.05, 0) is 59.4 Å². The molecule has 1 fully saturated rings. The van der Waals surface area contributed by atoms with Crippen LogP contribution in [0, 0.1) is 0 Å². The lowest BCUT2D eigenvalue weighted by Gasteiger charge is -2.20. The quantitative estimate of drug-likeness (QED) is 0.347. The van der Waals surface area contributed by atoms with Crippen LogP contribution in [0.25, 0.3) is 0 Å². The van der Waals surface area contributed by atoms with Gasteiger partial charge in [0.25, 0.3) is 0 Å². The van der Waals surface area contributed by atoms with Gasteiger partial charge in [0.1, 0.15) is 0 Å². The number of hydrogen-bond donors (Lipinski definition) is 2. The molecular formula is C21H31IN4S. The molecule has 2 heterocycles. The van der Waals surface area contributed by atoms with E-state index in [1.165, 1.54) is 55.5 Å². The van der Waals surface area contributed by atoms with Gasteiger partial charge >= 0.3 is 0 Å². The molecule has 2 aromatic rings. The summed E-state index contributed by atoms with van der Waals surface area (Å²) in [5.41, 5.74) is 4.00. The highest BCUT2D eigenvalue weighted by Crippen LogP contribution is 2.14. The summed E-state index contributed by atoms with van der Waals surface area (Å²) in [6, 6.07) is 11.1. The molecule has 1 aromatic heterocycles. The molecule has 6 heteroatoms. The summed E-state index contributed by atoms with van der Waals surface area (Å²) in [6.45, 7) is 5.14. The van der Waals surface area contributed by atoms with Gasteiger partial charge in [-0.15, -0.1) is 24.0 Å². The number of nitrogens with zero attached hydrogens (tertiary/aromatic N) is 2. The normalized spacial score (nSPS) is 15.7. The SMILES string of the molecule is CN=C(NCc1ccsc1)NCc1cccc(CN2CCCCCC2)c1.I. The Morgan fingerprint density at radius 3 is 2.37 bits per heavy atom. The number of thiophene rings is 1. The van der Waals surface area contributed by atoms with Crippen molar-refractivity contribution < 1.29 is 0 Å². The van der Waals surface area contributed by atoms with Crippen molar-refractivity contribution in [3.8, 4) is 0 Å². The summed E-state index contributed by atoms with van der Waals surface area (Å²) in [6.07, 6.45) is 5.46. The van der Waals surface area contributed by atoms with Crippen molar-refractivity contribution in [2.24, 2.45) is 4.99 Å². The number of hydrogen-bond acceptors (Lipinski definition) is 3. The highest BCUT2D eigenvalue weighted by Gasteiger charge is 2.09. The van der Waals surface area contributed by atoms with Crippen LogP contribution in [0.4, 0.5) is 0 Å². The first-order valence-corrected chi connectivity index (χ1v) is 10.5. The Balaban J connectivity index is 0.00000261. The second-order valence-electron chi connectivity index (χ2n) is 6.92. The van der Waals surface area contributed by atoms with E-state index in [9.17, 15) is 0 Å². The first kappa shape index (κ1) is 22.2. The molecule has 1 aliphatic heterocycles. The van der Waals surface area contributed by atoms with E-state index >= 15 is 0 Å². The van der Waals surface area contributed by atoms with Crippen molar-refractivity contribution in [1.29, 1.82) is 0 Å². The standard InChI is InChI=1S/C21H30N4S.HI/c1-22-21(24-15-20-9-12-26-17-20)23-14-18-7-6-8-19(13-18)16-25-10-4-2-3-5-11-25;/h6-9,12-13,17H,2-5,10-11,14-16H2,1H3,(H2,22,23,24);1H. The van der Waals surface area contributed by atoms with Crippen molar-refractivity contribution in [2.45, 2.75) is 45.3 Å². The minimum atomic E-state index is 0. The van der Waals surface area contributed by atoms with Gasteiger partial charge in [0.05, 0.1) is 0 Å². The number of benzene rings is 1. The lowest BCUT2D eigenvalue weighted by Crippen LogP contribution is -2.36. The van der Waals surface area contributed by atoms with E-state index in [2.05, 4.69) is 61.6 Å². The van der Waals surface area contributed by atoms with Crippen LogP contribution in [-0.2, 0) is 19.6 Å². The molecule has 1 saturated heterocycles. The highest BCUT2D eigenvalue weighted by molar-refractivity contribution is 14.0. The van der Waals surface area contributed by atoms with E-state index in [-0.39, 0.29) is 24.0 Å². The fourth-order valence-corrected chi connectivity index (χ4v) is 4.04. The highest BCUT2D eigenvalue weighted by atomic mass is 127. The van der Waals surface area contributed by atoms with Crippen LogP contribution in [0.1, 0.15) is 42.4 Å². The van der Waals surface area contributed by atoms with Gasteiger partial charge in [0.15, 0.2) is 5.96 Å². The maximum Gasteiger partial charge on any atom is 0.191 e. The van der Waals surface area contributed by atoms with Crippen LogP contribution in [0.3, 0.4) is 0 Å². The van der Waals surface area contributed by atoms with Crippen molar-refractivity contribution >= 4 is 41.3 Å². The monoisotopic (exact) mass is 498 g/mol. The number of likely N-dealkylation sites (tertiary alicyclic amines) is 1. The van der Waals surface area contributed by atoms with E-state index < -0.39 is 0 Å². The molecule has 0 spiro atoms. The third-order valence-corrected chi connectivity index (χ3v) is 5.55. The van der Waals surface area contributed by atoms with E-state index in [4.69, 9.17) is 0 Å². The summed E-state index contributed by atoms with van der Waals surface area (Å²) in [5, 5.41) is 11.0. The molecule has 0 radical (unpaired) electrons. The van der Waals surface area contributed by atoms with Crippen molar-refractivity contribution in [2.75, 3.05) is 20.1 Å². The smallest absolute Gasteiger partial charge is 0.191 e. The number of aliphatic imine (C=N–C) groups is 1. The summed E-state index contributed by atoms with van der Waals surface area (Å²) in [5.74, 6) is 0.842. The Bertz CT molecular complexity index is 679. The van der Waals surface area contributed by atoms with Gasteiger partial charge < -0.3 is 10.6 Å². The Kier molecular flexibility index (Phi) is 10.2. The number of nitrogens with one attached hydrogen (secondary N) is 2. The van der Waals surface area contributed by atoms with Crippen LogP contribution in [0.2, 0.25) is 0 Å². The fraction of sp³-hybridized carbons (Fsp3) is 0.476. The Morgan fingerprint density at radius 2 is 1.70 bits per heavy atom. The zero-order valence-electron chi connectivity index (χ0n) is 16.1. The Hall–Kier alpha value is -1.12. The maximum absolute atomic E-state index is 4.32. The summed E-state index contributed by atoms with van der Waals surface area (Å²) >= 11 is 1.72. The maximum atomic E-state index is 4.32. The van der Waals surface area contributed by atoms with Crippen LogP contribution >= 0.6 is 35.3 Å². The summed E-state index contributed by atoms with van der Waals surface area (Å²) < 4.78 is 0. The van der Waals surface area contributed by atoms with Crippen LogP contribution in [0.15, 0.2) is 46.1 Å². The average molecular weight is 498 g/mol. The fourth-order valence-electron chi connectivity index (χ4n) is 3.38. The number of rotatable bonds is 6. The number of guanidine groups is 1. The van der Waals surface area contributed by atoms with Gasteiger partial charge in [0, 0.05) is 26.7 Å². The summed E-state index contributed by atoms with van der Waals surface area (Å²) in [4.78, 5) is 6.92. The molecule has 0 aliphatic carbocycles. The molecule has 0 unspecified atom stereocenters. The van der Waals surface area contributed by atoms with Crippen LogP contribution in [-0.4, -0.2) is 31.0 Å². The van der Waals surface area contributed by atoms with Crippen molar-refractivity contribution in [1.82, 2.24) is 15.5 Å². The zero-order valence-corrected chi connectivity index (χ0v) is 19.3. The molecule has 27 heavy (non-hydrogen) atoms. The average Bonchev–Trinajstić information content (AvgIpc) is 3.06. The molecule has 0 amide bonds. The van der Waals surface area contributed by atoms with Crippen LogP contribution < -0.4 is 10.6 Å². The molecular weight excluding hydrogens is 467 g/mol. The van der Waals surface area contributed by atoms with E-state index in [0.717, 1.165) is 25.6 Å². The first-order valence-electron chi connectivity index (χ1n) is 9.59. The van der Waals surface area contributed by atoms with Gasteiger partial charge in [-0.3, -0.25) is 9.89 Å². The van der Waals surface area contributed by atoms with E-state index in [1.807, 2.05) is 7.05 Å². The molecule has 0 atom stereocenters. The molecule has 0 bridgehead atoms. The molecule has 2 N–H and O–H groups in total. The molecule has 3 rings (SSSR count). The second-order valence-corrected chi connectivity index (χ2v) is 7.70. The first-order chi connectivity index (χ1) is 12.8. The molecule has 148 valence electrons. The van der Waals surface area contributed by atoms with Crippen molar-refractivity contribution in [3.63, 3.8) is 0 Å². The zero-order chi connectivity index (χ0) is 18.0. The molecule has 1 aromatic carbocycles. The Labute approximate surface area is 184 Å². The third kappa shape index (κ3) is 7.79. The van der Waals surface area contributed by atoms with Crippen molar-refractivity contribution in [3.05, 3.63) is 57.8 Å². The minimum absolute atomic E-state index is 0. The van der Waals surface area contributed by atoms with Gasteiger partial charge in [-0.25, -0.2) is 0 Å². The lowest BCUT2D eigenvalue weighted by atomic mass is 10.1. The minimum Gasteiger partial charge on any atom is -0.352 e. The Morgan fingerprint density at radius 1 is 1.00 bits per heavy atom. The molecule has 4 nitrogen and oxygen atoms in total. The van der Waals surface area contributed by atoms with E-state index in [1.54, 1.807) is 11.3 Å². The lowest BCUT2D eigenvalue weighted by molar-refractivity contribution is 0.277. The van der Waals surface area contributed by atoms with E-state index in [0.29, 0.717) is 0 Å². The van der Waals surface area contributed by atoms with Crippen LogP contribution in [0.5, 0.6) is 0 Å². The van der Waals surface area contributed by atoms with Gasteiger partial charge in [-0.1, -0.05) is 37.1 Å². The summed E-state index contributed by atoms with van der Waals surface area (Å²) in [7, 11) is 1.82. The largest absolute Gasteiger partial charge is 0.352 e. The van der Waals surface area contributed by atoms with Gasteiger partial charge in [0.2, 0.25) is 0 Å². The topological polar surface area (TPSA) is 39.7 Å². The van der Waals surface area contributed by atoms with Gasteiger partial charge in [-0.2, -0.15) is 11.3 Å². The third-order valence-electron chi connectivity index (χ3n) is 4.82. The predicted molar refractivity (Wildman–Crippen MR) is 127 cm³/mol. The predicted octanol–water partition coefficient (Wildman–Crippen LogP) is 4.61. The second kappa shape index (κ2) is 12.4. The molecule has 0 saturated carbocycles. The molecule has 1 aliphatic rings.